The molecule has 1 aliphatic rings. The molecule has 0 aromatic heterocycles. The van der Waals surface area contributed by atoms with Gasteiger partial charge in [0.2, 0.25) is 0 Å². The summed E-state index contributed by atoms with van der Waals surface area (Å²) in [5, 5.41) is 14.5. The number of benzene rings is 1. The van der Waals surface area contributed by atoms with Gasteiger partial charge in [0.15, 0.2) is 5.84 Å². The summed E-state index contributed by atoms with van der Waals surface area (Å²) in [5.74, 6) is -0.217. The van der Waals surface area contributed by atoms with Crippen molar-refractivity contribution in [3.8, 4) is 0 Å². The molecule has 1 aromatic carbocycles. The van der Waals surface area contributed by atoms with Crippen LogP contribution >= 0.6 is 0 Å². The predicted molar refractivity (Wildman–Crippen MR) is 70.3 cm³/mol. The second kappa shape index (κ2) is 5.27. The van der Waals surface area contributed by atoms with Crippen molar-refractivity contribution in [3.63, 3.8) is 0 Å². The molecule has 0 radical (unpaired) electrons. The van der Waals surface area contributed by atoms with E-state index in [-0.39, 0.29) is 17.3 Å². The molecule has 1 unspecified atom stereocenters. The molecule has 0 aliphatic carbocycles. The molecule has 1 fully saturated rings. The molecule has 0 bridgehead atoms. The number of carbonyl (C=O) groups is 1. The highest BCUT2D eigenvalue weighted by Crippen LogP contribution is 2.18. The quantitative estimate of drug-likeness (QED) is 0.323. The number of oxime groups is 1. The van der Waals surface area contributed by atoms with Gasteiger partial charge < -0.3 is 21.0 Å². The molecule has 1 aromatic rings. The van der Waals surface area contributed by atoms with Gasteiger partial charge in [0, 0.05) is 17.7 Å². The first-order valence-corrected chi connectivity index (χ1v) is 6.02. The fraction of sp³-hybridized carbons (Fsp3) is 0.385. The van der Waals surface area contributed by atoms with Crippen LogP contribution in [-0.4, -0.2) is 35.7 Å². The van der Waals surface area contributed by atoms with Gasteiger partial charge >= 0.3 is 0 Å². The number of amidine groups is 1. The number of nitrogens with zero attached hydrogens (tertiary/aromatic N) is 1. The smallest absolute Gasteiger partial charge is 0.251 e. The van der Waals surface area contributed by atoms with E-state index in [1.807, 2.05) is 6.92 Å². The molecular weight excluding hydrogens is 246 g/mol. The summed E-state index contributed by atoms with van der Waals surface area (Å²) in [6, 6.07) is 6.63. The van der Waals surface area contributed by atoms with E-state index in [9.17, 15) is 4.79 Å². The van der Waals surface area contributed by atoms with Crippen LogP contribution in [0.15, 0.2) is 29.4 Å². The van der Waals surface area contributed by atoms with Gasteiger partial charge in [-0.05, 0) is 25.5 Å². The Hall–Kier alpha value is -2.08. The van der Waals surface area contributed by atoms with Crippen LogP contribution < -0.4 is 11.1 Å². The third-order valence-electron chi connectivity index (χ3n) is 3.16. The van der Waals surface area contributed by atoms with Crippen molar-refractivity contribution in [2.45, 2.75) is 18.9 Å². The molecule has 1 heterocycles. The number of carbonyl (C=O) groups excluding carboxylic acids is 1. The van der Waals surface area contributed by atoms with Gasteiger partial charge in [0.25, 0.3) is 5.91 Å². The van der Waals surface area contributed by atoms with Crippen LogP contribution in [0, 0.1) is 0 Å². The number of nitrogens with two attached hydrogens (primary N) is 1. The Labute approximate surface area is 111 Å². The number of hydrogen-bond acceptors (Lipinski definition) is 4. The lowest BCUT2D eigenvalue weighted by Crippen LogP contribution is -2.46. The molecule has 6 nitrogen and oxygen atoms in total. The van der Waals surface area contributed by atoms with E-state index in [0.717, 1.165) is 6.42 Å². The van der Waals surface area contributed by atoms with E-state index >= 15 is 0 Å². The zero-order valence-corrected chi connectivity index (χ0v) is 10.7. The Kier molecular flexibility index (Phi) is 3.71. The summed E-state index contributed by atoms with van der Waals surface area (Å²) in [6.45, 7) is 3.12. The highest BCUT2D eigenvalue weighted by molar-refractivity contribution is 6.01. The maximum Gasteiger partial charge on any atom is 0.251 e. The summed E-state index contributed by atoms with van der Waals surface area (Å²) >= 11 is 0. The first-order valence-electron chi connectivity index (χ1n) is 6.02. The second-order valence-electron chi connectivity index (χ2n) is 4.88. The lowest BCUT2D eigenvalue weighted by Gasteiger charge is -2.23. The summed E-state index contributed by atoms with van der Waals surface area (Å²) in [4.78, 5) is 12.2. The number of hydrogen-bond donors (Lipinski definition) is 3. The third kappa shape index (κ3) is 3.03. The van der Waals surface area contributed by atoms with E-state index in [0.29, 0.717) is 24.3 Å². The van der Waals surface area contributed by atoms with Crippen LogP contribution in [0.4, 0.5) is 0 Å². The molecule has 2 rings (SSSR count). The zero-order valence-electron chi connectivity index (χ0n) is 10.7. The number of nitrogens with one attached hydrogen (secondary N) is 1. The Morgan fingerprint density at radius 2 is 2.26 bits per heavy atom. The van der Waals surface area contributed by atoms with Crippen LogP contribution in [0.2, 0.25) is 0 Å². The Morgan fingerprint density at radius 3 is 2.89 bits per heavy atom. The van der Waals surface area contributed by atoms with Crippen LogP contribution in [-0.2, 0) is 4.74 Å². The standard InChI is InChI=1S/C13H17N3O3/c1-13(5-6-19-8-13)15-12(17)10-4-2-3-9(7-10)11(14)16-18/h2-4,7,18H,5-6,8H2,1H3,(H2,14,16)(H,15,17). The predicted octanol–water partition coefficient (Wildman–Crippen LogP) is 0.690. The van der Waals surface area contributed by atoms with Crippen molar-refractivity contribution >= 4 is 11.7 Å². The van der Waals surface area contributed by atoms with E-state index in [1.54, 1.807) is 24.3 Å². The van der Waals surface area contributed by atoms with Gasteiger partial charge in [-0.2, -0.15) is 0 Å². The zero-order chi connectivity index (χ0) is 13.9. The molecule has 1 aliphatic heterocycles. The van der Waals surface area contributed by atoms with Gasteiger partial charge in [-0.3, -0.25) is 4.79 Å². The Morgan fingerprint density at radius 1 is 1.53 bits per heavy atom. The SMILES string of the molecule is CC1(NC(=O)c2cccc(/C(N)=N/O)c2)CCOC1. The maximum absolute atomic E-state index is 12.2. The third-order valence-corrected chi connectivity index (χ3v) is 3.16. The fourth-order valence-electron chi connectivity index (χ4n) is 1.99. The molecule has 1 amide bonds. The van der Waals surface area contributed by atoms with Gasteiger partial charge in [-0.25, -0.2) is 0 Å². The van der Waals surface area contributed by atoms with E-state index in [2.05, 4.69) is 10.5 Å². The summed E-state index contributed by atoms with van der Waals surface area (Å²) < 4.78 is 5.29. The normalized spacial score (nSPS) is 23.3. The van der Waals surface area contributed by atoms with Crippen LogP contribution in [0.1, 0.15) is 29.3 Å². The molecule has 102 valence electrons. The number of amides is 1. The van der Waals surface area contributed by atoms with Crippen LogP contribution in [0.25, 0.3) is 0 Å². The minimum Gasteiger partial charge on any atom is -0.409 e. The van der Waals surface area contributed by atoms with Gasteiger partial charge in [-0.1, -0.05) is 17.3 Å². The first-order chi connectivity index (χ1) is 9.04. The van der Waals surface area contributed by atoms with Crippen LogP contribution in [0.3, 0.4) is 0 Å². The van der Waals surface area contributed by atoms with Crippen LogP contribution in [0.5, 0.6) is 0 Å². The lowest BCUT2D eigenvalue weighted by molar-refractivity contribution is 0.0890. The number of ether oxygens (including phenoxy) is 1. The molecule has 0 spiro atoms. The van der Waals surface area contributed by atoms with Gasteiger partial charge in [-0.15, -0.1) is 0 Å². The average Bonchev–Trinajstić information content (AvgIpc) is 2.84. The fourth-order valence-corrected chi connectivity index (χ4v) is 1.99. The molecular formula is C13H17N3O3. The average molecular weight is 263 g/mol. The summed E-state index contributed by atoms with van der Waals surface area (Å²) in [6.07, 6.45) is 0.790. The Bertz CT molecular complexity index is 508. The lowest BCUT2D eigenvalue weighted by atomic mass is 10.0. The molecule has 19 heavy (non-hydrogen) atoms. The first kappa shape index (κ1) is 13.4. The van der Waals surface area contributed by atoms with Crippen molar-refractivity contribution in [1.29, 1.82) is 0 Å². The minimum atomic E-state index is -0.330. The summed E-state index contributed by atoms with van der Waals surface area (Å²) in [5.41, 5.74) is 6.14. The van der Waals surface area contributed by atoms with Gasteiger partial charge in [0.1, 0.15) is 0 Å². The molecule has 0 saturated carbocycles. The van der Waals surface area contributed by atoms with E-state index in [1.165, 1.54) is 0 Å². The van der Waals surface area contributed by atoms with Gasteiger partial charge in [0.05, 0.1) is 12.1 Å². The van der Waals surface area contributed by atoms with E-state index < -0.39 is 0 Å². The van der Waals surface area contributed by atoms with E-state index in [4.69, 9.17) is 15.7 Å². The van der Waals surface area contributed by atoms with Crippen molar-refractivity contribution in [3.05, 3.63) is 35.4 Å². The minimum absolute atomic E-state index is 0.0231. The number of rotatable bonds is 3. The topological polar surface area (TPSA) is 96.9 Å². The largest absolute Gasteiger partial charge is 0.409 e. The van der Waals surface area contributed by atoms with Crippen molar-refractivity contribution in [1.82, 2.24) is 5.32 Å². The maximum atomic E-state index is 12.2. The highest BCUT2D eigenvalue weighted by Gasteiger charge is 2.31. The Balaban J connectivity index is 2.15. The molecule has 1 atom stereocenters. The monoisotopic (exact) mass is 263 g/mol. The van der Waals surface area contributed by atoms with Crippen molar-refractivity contribution in [2.24, 2.45) is 10.9 Å². The highest BCUT2D eigenvalue weighted by atomic mass is 16.5. The molecule has 4 N–H and O–H groups in total. The van der Waals surface area contributed by atoms with Crippen molar-refractivity contribution in [2.75, 3.05) is 13.2 Å². The summed E-state index contributed by atoms with van der Waals surface area (Å²) in [7, 11) is 0. The van der Waals surface area contributed by atoms with Crippen molar-refractivity contribution < 1.29 is 14.7 Å². The molecule has 1 saturated heterocycles. The second-order valence-corrected chi connectivity index (χ2v) is 4.88. The molecule has 6 heteroatoms.